The van der Waals surface area contributed by atoms with Gasteiger partial charge >= 0.3 is 0 Å². The number of hydrogen-bond donors (Lipinski definition) is 5. The predicted octanol–water partition coefficient (Wildman–Crippen LogP) is 5.83. The monoisotopic (exact) mass is 513 g/mol. The topological polar surface area (TPSA) is 12.0 Å². The van der Waals surface area contributed by atoms with Gasteiger partial charge in [-0.1, -0.05) is 48.5 Å². The van der Waals surface area contributed by atoms with Gasteiger partial charge in [0.25, 0.3) is 0 Å². The summed E-state index contributed by atoms with van der Waals surface area (Å²) in [5, 5.41) is 4.88. The van der Waals surface area contributed by atoms with Crippen LogP contribution in [0.1, 0.15) is 0 Å². The van der Waals surface area contributed by atoms with Gasteiger partial charge in [0.05, 0.1) is 0 Å². The molecule has 4 aromatic carbocycles. The Kier molecular flexibility index (Phi) is 8.11. The Morgan fingerprint density at radius 2 is 0.677 bits per heavy atom. The lowest BCUT2D eigenvalue weighted by atomic mass is 10.4. The van der Waals surface area contributed by atoms with Crippen LogP contribution in [0.4, 0.5) is 0 Å². The molecule has 1 N–H and O–H groups in total. The van der Waals surface area contributed by atoms with E-state index in [-0.39, 0.29) is 0 Å². The van der Waals surface area contributed by atoms with Gasteiger partial charge in [-0.15, -0.1) is 50.5 Å². The lowest BCUT2D eigenvalue weighted by Gasteiger charge is -2.28. The van der Waals surface area contributed by atoms with E-state index in [0.29, 0.717) is 0 Å². The molecular formula is C24H21NP2S4. The third-order valence-corrected chi connectivity index (χ3v) is 10.4. The highest BCUT2D eigenvalue weighted by Crippen LogP contribution is 2.43. The van der Waals surface area contributed by atoms with Gasteiger partial charge in [-0.3, -0.25) is 4.86 Å². The highest BCUT2D eigenvalue weighted by atomic mass is 32.1. The average Bonchev–Trinajstić information content (AvgIpc) is 2.74. The Morgan fingerprint density at radius 3 is 0.903 bits per heavy atom. The Labute approximate surface area is 208 Å². The molecule has 31 heavy (non-hydrogen) atoms. The van der Waals surface area contributed by atoms with Crippen LogP contribution in [-0.4, -0.2) is 0 Å². The minimum Gasteiger partial charge on any atom is -0.259 e. The maximum atomic E-state index is 4.59. The van der Waals surface area contributed by atoms with Crippen molar-refractivity contribution in [1.82, 2.24) is 4.86 Å². The highest BCUT2D eigenvalue weighted by Gasteiger charge is 2.22. The van der Waals surface area contributed by atoms with E-state index in [1.165, 1.54) is 21.2 Å². The van der Waals surface area contributed by atoms with Crippen LogP contribution in [0.2, 0.25) is 0 Å². The molecule has 0 atom stereocenters. The molecule has 0 aliphatic carbocycles. The van der Waals surface area contributed by atoms with Gasteiger partial charge in [-0.25, -0.2) is 0 Å². The van der Waals surface area contributed by atoms with Crippen molar-refractivity contribution < 1.29 is 0 Å². The molecule has 0 amide bonds. The summed E-state index contributed by atoms with van der Waals surface area (Å²) in [6.45, 7) is 0. The first-order chi connectivity index (χ1) is 15.0. The summed E-state index contributed by atoms with van der Waals surface area (Å²) < 4.78 is 0. The Morgan fingerprint density at radius 1 is 0.419 bits per heavy atom. The first kappa shape index (κ1) is 23.3. The van der Waals surface area contributed by atoms with Crippen LogP contribution < -0.4 is 26.1 Å². The van der Waals surface area contributed by atoms with E-state index < -0.39 is 16.1 Å². The maximum absolute atomic E-state index is 4.59. The van der Waals surface area contributed by atoms with Gasteiger partial charge in [0, 0.05) is 35.7 Å². The quantitative estimate of drug-likeness (QED) is 0.162. The van der Waals surface area contributed by atoms with E-state index >= 15 is 0 Å². The molecule has 156 valence electrons. The number of benzene rings is 4. The molecule has 0 spiro atoms. The summed E-state index contributed by atoms with van der Waals surface area (Å²) in [5.74, 6) is 0. The van der Waals surface area contributed by atoms with Crippen LogP contribution in [0.5, 0.6) is 0 Å². The van der Waals surface area contributed by atoms with Crippen LogP contribution in [-0.2, 0) is 0 Å². The number of nitrogens with one attached hydrogen (secondary N) is 1. The minimum atomic E-state index is -0.858. The van der Waals surface area contributed by atoms with Gasteiger partial charge in [0.15, 0.2) is 0 Å². The van der Waals surface area contributed by atoms with Crippen LogP contribution in [0.3, 0.4) is 0 Å². The Balaban J connectivity index is 1.84. The highest BCUT2D eigenvalue weighted by molar-refractivity contribution is 7.85. The molecule has 4 aromatic rings. The summed E-state index contributed by atoms with van der Waals surface area (Å²) >= 11 is 18.4. The predicted molar refractivity (Wildman–Crippen MR) is 150 cm³/mol. The largest absolute Gasteiger partial charge is 0.259 e. The molecule has 0 unspecified atom stereocenters. The molecule has 0 heterocycles. The molecular weight excluding hydrogens is 492 g/mol. The molecule has 7 heteroatoms. The molecule has 0 fully saturated rings. The van der Waals surface area contributed by atoms with Crippen LogP contribution in [0.15, 0.2) is 117 Å². The summed E-state index contributed by atoms with van der Waals surface area (Å²) in [6, 6.07) is 33.5. The third-order valence-electron chi connectivity index (χ3n) is 4.55. The summed E-state index contributed by atoms with van der Waals surface area (Å²) in [6.07, 6.45) is 0. The fourth-order valence-corrected chi connectivity index (χ4v) is 9.72. The SMILES string of the molecule is Sc1cccc(P(NP(c2cccc(S)c2)c2cccc(S)c2)c2cccc(S)c2)c1. The minimum absolute atomic E-state index is 0.858. The molecule has 0 aliphatic heterocycles. The zero-order chi connectivity index (χ0) is 21.8. The van der Waals surface area contributed by atoms with Gasteiger partial charge < -0.3 is 0 Å². The second kappa shape index (κ2) is 10.8. The fourth-order valence-electron chi connectivity index (χ4n) is 3.16. The third kappa shape index (κ3) is 6.12. The molecule has 0 saturated carbocycles. The molecule has 4 rings (SSSR count). The molecule has 0 saturated heterocycles. The van der Waals surface area contributed by atoms with E-state index in [1.807, 2.05) is 24.3 Å². The second-order valence-corrected chi connectivity index (χ2v) is 13.1. The lowest BCUT2D eigenvalue weighted by molar-refractivity contribution is 1.47. The van der Waals surface area contributed by atoms with Gasteiger partial charge in [-0.05, 0) is 69.7 Å². The zero-order valence-electron chi connectivity index (χ0n) is 16.4. The Hall–Kier alpha value is -0.900. The van der Waals surface area contributed by atoms with Gasteiger partial charge in [0.2, 0.25) is 0 Å². The average molecular weight is 514 g/mol. The summed E-state index contributed by atoms with van der Waals surface area (Å²) in [7, 11) is -1.72. The normalized spacial score (nSPS) is 11.3. The number of hydrogen-bond acceptors (Lipinski definition) is 5. The first-order valence-electron chi connectivity index (χ1n) is 9.52. The molecule has 0 aromatic heterocycles. The smallest absolute Gasteiger partial charge is 0.0295 e. The van der Waals surface area contributed by atoms with Crippen molar-refractivity contribution in [2.24, 2.45) is 0 Å². The maximum Gasteiger partial charge on any atom is 0.0295 e. The number of rotatable bonds is 6. The number of thiol groups is 4. The van der Waals surface area contributed by atoms with Crippen molar-refractivity contribution in [3.8, 4) is 0 Å². The molecule has 0 radical (unpaired) electrons. The van der Waals surface area contributed by atoms with Crippen molar-refractivity contribution in [3.05, 3.63) is 97.1 Å². The second-order valence-electron chi connectivity index (χ2n) is 6.85. The van der Waals surface area contributed by atoms with Crippen LogP contribution in [0.25, 0.3) is 0 Å². The van der Waals surface area contributed by atoms with E-state index in [2.05, 4.69) is 128 Å². The van der Waals surface area contributed by atoms with E-state index in [0.717, 1.165) is 19.6 Å². The van der Waals surface area contributed by atoms with Crippen molar-refractivity contribution in [1.29, 1.82) is 0 Å². The van der Waals surface area contributed by atoms with Crippen molar-refractivity contribution >= 4 is 87.9 Å². The van der Waals surface area contributed by atoms with Crippen molar-refractivity contribution in [3.63, 3.8) is 0 Å². The lowest BCUT2D eigenvalue weighted by Crippen LogP contribution is -2.27. The van der Waals surface area contributed by atoms with Crippen molar-refractivity contribution in [2.75, 3.05) is 0 Å². The molecule has 0 bridgehead atoms. The van der Waals surface area contributed by atoms with Crippen LogP contribution in [0, 0.1) is 0 Å². The van der Waals surface area contributed by atoms with Crippen LogP contribution >= 0.6 is 66.7 Å². The van der Waals surface area contributed by atoms with Crippen molar-refractivity contribution in [2.45, 2.75) is 19.6 Å². The van der Waals surface area contributed by atoms with Gasteiger partial charge in [0.1, 0.15) is 0 Å². The van der Waals surface area contributed by atoms with E-state index in [1.54, 1.807) is 0 Å². The zero-order valence-corrected chi connectivity index (χ0v) is 21.8. The molecule has 0 aliphatic rings. The standard InChI is InChI=1S/C24H21NP2S4/c28-21-9-1-5-17(13-21)26(18-6-2-10-22(29)14-18)25-27(19-7-3-11-23(30)15-19)20-8-4-12-24(31)16-20/h1-16,25,28-31H. The van der Waals surface area contributed by atoms with E-state index in [4.69, 9.17) is 0 Å². The Bertz CT molecular complexity index is 1020. The van der Waals surface area contributed by atoms with Gasteiger partial charge in [-0.2, -0.15) is 0 Å². The summed E-state index contributed by atoms with van der Waals surface area (Å²) in [5.41, 5.74) is 0. The van der Waals surface area contributed by atoms with E-state index in [9.17, 15) is 0 Å². The summed E-state index contributed by atoms with van der Waals surface area (Å²) in [4.78, 5) is 7.83. The fraction of sp³-hybridized carbons (Fsp3) is 0. The first-order valence-corrected chi connectivity index (χ1v) is 14.0. The molecule has 1 nitrogen and oxygen atoms in total.